The van der Waals surface area contributed by atoms with Gasteiger partial charge < -0.3 is 4.98 Å². The minimum Gasteiger partial charge on any atom is -0.342 e. The second-order valence-corrected chi connectivity index (χ2v) is 2.95. The number of fused-ring (bicyclic) bond motifs is 1. The number of nitrogens with one attached hydrogen (secondary N) is 1. The molecule has 0 bridgehead atoms. The van der Waals surface area contributed by atoms with Gasteiger partial charge in [0.15, 0.2) is 0 Å². The Morgan fingerprint density at radius 2 is 2.33 bits per heavy atom. The Hall–Kier alpha value is -1.22. The van der Waals surface area contributed by atoms with Crippen molar-refractivity contribution in [2.75, 3.05) is 0 Å². The lowest BCUT2D eigenvalue weighted by atomic mass is 10.2. The summed E-state index contributed by atoms with van der Waals surface area (Å²) in [6.07, 6.45) is 0. The fourth-order valence-electron chi connectivity index (χ4n) is 1.23. The standard InChI is InChI=1S/C9H8N2S/c1-6-10-8-3-2-7(5-12)4-9(8)11-6/h2-5H,1H3,(H,10,11). The smallest absolute Gasteiger partial charge is 0.104 e. The van der Waals surface area contributed by atoms with Crippen LogP contribution < -0.4 is 0 Å². The Labute approximate surface area is 75.6 Å². The number of nitrogens with zero attached hydrogens (tertiary/aromatic N) is 1. The maximum atomic E-state index is 4.83. The van der Waals surface area contributed by atoms with Gasteiger partial charge in [0.25, 0.3) is 0 Å². The van der Waals surface area contributed by atoms with Crippen LogP contribution in [0.4, 0.5) is 0 Å². The van der Waals surface area contributed by atoms with Crippen LogP contribution in [0.3, 0.4) is 0 Å². The van der Waals surface area contributed by atoms with Crippen molar-refractivity contribution in [3.8, 4) is 0 Å². The van der Waals surface area contributed by atoms with E-state index in [2.05, 4.69) is 9.97 Å². The number of aromatic amines is 1. The number of thiocarbonyl (C=S) groups is 1. The number of benzene rings is 1. The summed E-state index contributed by atoms with van der Waals surface area (Å²) in [6, 6.07) is 5.94. The minimum absolute atomic E-state index is 0.937. The quantitative estimate of drug-likeness (QED) is 0.675. The van der Waals surface area contributed by atoms with E-state index in [1.54, 1.807) is 5.37 Å². The summed E-state index contributed by atoms with van der Waals surface area (Å²) in [5.74, 6) is 0.937. The molecule has 1 heterocycles. The van der Waals surface area contributed by atoms with E-state index in [1.807, 2.05) is 25.1 Å². The van der Waals surface area contributed by atoms with Gasteiger partial charge in [0.05, 0.1) is 11.0 Å². The largest absolute Gasteiger partial charge is 0.342 e. The first kappa shape index (κ1) is 7.43. The summed E-state index contributed by atoms with van der Waals surface area (Å²) in [5, 5.41) is 1.66. The minimum atomic E-state index is 0.937. The van der Waals surface area contributed by atoms with E-state index in [0.717, 1.165) is 22.4 Å². The number of aromatic nitrogens is 2. The Morgan fingerprint density at radius 3 is 3.08 bits per heavy atom. The number of hydrogen-bond donors (Lipinski definition) is 1. The van der Waals surface area contributed by atoms with E-state index in [0.29, 0.717) is 0 Å². The molecule has 1 aromatic carbocycles. The van der Waals surface area contributed by atoms with Crippen LogP contribution in [-0.4, -0.2) is 15.3 Å². The molecule has 0 aliphatic carbocycles. The first-order valence-corrected chi connectivity index (χ1v) is 4.18. The van der Waals surface area contributed by atoms with Gasteiger partial charge in [-0.05, 0) is 24.6 Å². The van der Waals surface area contributed by atoms with Gasteiger partial charge >= 0.3 is 0 Å². The van der Waals surface area contributed by atoms with Crippen LogP contribution in [0.15, 0.2) is 18.2 Å². The zero-order chi connectivity index (χ0) is 8.55. The second kappa shape index (κ2) is 2.68. The van der Waals surface area contributed by atoms with Crippen LogP contribution in [0.2, 0.25) is 0 Å². The zero-order valence-electron chi connectivity index (χ0n) is 6.66. The maximum absolute atomic E-state index is 4.83. The molecule has 0 aliphatic heterocycles. The number of hydrogen-bond acceptors (Lipinski definition) is 2. The third kappa shape index (κ3) is 1.12. The van der Waals surface area contributed by atoms with Crippen LogP contribution in [0.25, 0.3) is 11.0 Å². The van der Waals surface area contributed by atoms with Crippen LogP contribution in [0.1, 0.15) is 11.4 Å². The molecular formula is C9H8N2S. The SMILES string of the molecule is Cc1nc2ccc(C=S)cc2[nH]1. The van der Waals surface area contributed by atoms with Crippen LogP contribution in [0, 0.1) is 6.92 Å². The van der Waals surface area contributed by atoms with Crippen LogP contribution in [0.5, 0.6) is 0 Å². The monoisotopic (exact) mass is 176 g/mol. The third-order valence-electron chi connectivity index (χ3n) is 1.76. The van der Waals surface area contributed by atoms with Crippen molar-refractivity contribution in [2.24, 2.45) is 0 Å². The predicted molar refractivity (Wildman–Crippen MR) is 53.6 cm³/mol. The fraction of sp³-hybridized carbons (Fsp3) is 0.111. The molecule has 0 amide bonds. The van der Waals surface area contributed by atoms with Crippen molar-refractivity contribution in [2.45, 2.75) is 6.92 Å². The molecule has 60 valence electrons. The van der Waals surface area contributed by atoms with Gasteiger partial charge in [-0.2, -0.15) is 0 Å². The molecule has 0 atom stereocenters. The molecule has 2 aromatic rings. The molecule has 0 radical (unpaired) electrons. The summed E-state index contributed by atoms with van der Waals surface area (Å²) in [4.78, 5) is 7.44. The predicted octanol–water partition coefficient (Wildman–Crippen LogP) is 2.22. The third-order valence-corrected chi connectivity index (χ3v) is 2.03. The summed E-state index contributed by atoms with van der Waals surface area (Å²) in [7, 11) is 0. The van der Waals surface area contributed by atoms with Crippen molar-refractivity contribution in [1.82, 2.24) is 9.97 Å². The molecule has 0 aliphatic rings. The summed E-state index contributed by atoms with van der Waals surface area (Å²) in [5.41, 5.74) is 3.08. The molecule has 3 heteroatoms. The Morgan fingerprint density at radius 1 is 1.50 bits per heavy atom. The van der Waals surface area contributed by atoms with E-state index >= 15 is 0 Å². The molecule has 0 saturated heterocycles. The molecule has 0 fully saturated rings. The van der Waals surface area contributed by atoms with E-state index in [4.69, 9.17) is 12.2 Å². The summed E-state index contributed by atoms with van der Waals surface area (Å²) >= 11 is 4.83. The second-order valence-electron chi connectivity index (χ2n) is 2.72. The molecule has 2 rings (SSSR count). The lowest BCUT2D eigenvalue weighted by Crippen LogP contribution is -1.77. The van der Waals surface area contributed by atoms with Gasteiger partial charge in [-0.25, -0.2) is 4.98 Å². The first-order valence-electron chi connectivity index (χ1n) is 3.71. The topological polar surface area (TPSA) is 28.7 Å². The molecular weight excluding hydrogens is 168 g/mol. The van der Waals surface area contributed by atoms with E-state index in [1.165, 1.54) is 0 Å². The van der Waals surface area contributed by atoms with Gasteiger partial charge in [0.1, 0.15) is 5.82 Å². The highest BCUT2D eigenvalue weighted by atomic mass is 32.1. The lowest BCUT2D eigenvalue weighted by molar-refractivity contribution is 1.17. The average Bonchev–Trinajstić information content (AvgIpc) is 2.43. The first-order chi connectivity index (χ1) is 5.79. The van der Waals surface area contributed by atoms with Crippen molar-refractivity contribution in [3.05, 3.63) is 29.6 Å². The van der Waals surface area contributed by atoms with E-state index in [-0.39, 0.29) is 0 Å². The van der Waals surface area contributed by atoms with E-state index < -0.39 is 0 Å². The number of H-pyrrole nitrogens is 1. The number of rotatable bonds is 1. The number of imidazole rings is 1. The van der Waals surface area contributed by atoms with E-state index in [9.17, 15) is 0 Å². The Kier molecular flexibility index (Phi) is 1.66. The maximum Gasteiger partial charge on any atom is 0.104 e. The molecule has 0 spiro atoms. The highest BCUT2D eigenvalue weighted by Crippen LogP contribution is 2.12. The zero-order valence-corrected chi connectivity index (χ0v) is 7.48. The van der Waals surface area contributed by atoms with Gasteiger partial charge in [-0.15, -0.1) is 0 Å². The van der Waals surface area contributed by atoms with Crippen molar-refractivity contribution < 1.29 is 0 Å². The van der Waals surface area contributed by atoms with Gasteiger partial charge in [-0.1, -0.05) is 18.3 Å². The molecule has 12 heavy (non-hydrogen) atoms. The van der Waals surface area contributed by atoms with Crippen molar-refractivity contribution >= 4 is 28.6 Å². The normalized spacial score (nSPS) is 10.4. The highest BCUT2D eigenvalue weighted by molar-refractivity contribution is 7.79. The summed E-state index contributed by atoms with van der Waals surface area (Å²) < 4.78 is 0. The highest BCUT2D eigenvalue weighted by Gasteiger charge is 1.98. The number of aryl methyl sites for hydroxylation is 1. The van der Waals surface area contributed by atoms with Crippen molar-refractivity contribution in [3.63, 3.8) is 0 Å². The van der Waals surface area contributed by atoms with Gasteiger partial charge in [0, 0.05) is 5.37 Å². The lowest BCUT2D eigenvalue weighted by Gasteiger charge is -1.89. The van der Waals surface area contributed by atoms with Crippen molar-refractivity contribution in [1.29, 1.82) is 0 Å². The average molecular weight is 176 g/mol. The Bertz CT molecular complexity index is 431. The summed E-state index contributed by atoms with van der Waals surface area (Å²) in [6.45, 7) is 1.94. The fourth-order valence-corrected chi connectivity index (χ4v) is 1.37. The van der Waals surface area contributed by atoms with Gasteiger partial charge in [0.2, 0.25) is 0 Å². The van der Waals surface area contributed by atoms with Crippen LogP contribution in [-0.2, 0) is 0 Å². The Balaban J connectivity index is 2.74. The molecule has 1 N–H and O–H groups in total. The molecule has 2 nitrogen and oxygen atoms in total. The molecule has 0 unspecified atom stereocenters. The van der Waals surface area contributed by atoms with Crippen LogP contribution >= 0.6 is 12.2 Å². The molecule has 1 aromatic heterocycles. The molecule has 0 saturated carbocycles. The van der Waals surface area contributed by atoms with Gasteiger partial charge in [-0.3, -0.25) is 0 Å².